The fourth-order valence-electron chi connectivity index (χ4n) is 1.38. The lowest BCUT2D eigenvalue weighted by molar-refractivity contribution is 0.406. The zero-order valence-corrected chi connectivity index (χ0v) is 9.47. The summed E-state index contributed by atoms with van der Waals surface area (Å²) in [5.41, 5.74) is 2.29. The Balaban J connectivity index is 2.35. The van der Waals surface area contributed by atoms with Gasteiger partial charge in [-0.25, -0.2) is 5.16 Å². The van der Waals surface area contributed by atoms with Crippen LogP contribution >= 0.6 is 12.2 Å². The molecule has 0 unspecified atom stereocenters. The van der Waals surface area contributed by atoms with Gasteiger partial charge in [0.15, 0.2) is 5.82 Å². The minimum atomic E-state index is 0.234. The van der Waals surface area contributed by atoms with E-state index in [4.69, 9.17) is 16.7 Å². The summed E-state index contributed by atoms with van der Waals surface area (Å²) in [6.07, 6.45) is 0. The van der Waals surface area contributed by atoms with Gasteiger partial charge >= 0.3 is 4.84 Å². The van der Waals surface area contributed by atoms with E-state index in [1.54, 1.807) is 0 Å². The average molecular weight is 220 g/mol. The molecule has 0 aliphatic rings. The summed E-state index contributed by atoms with van der Waals surface area (Å²) in [4.78, 5) is 4.28. The highest BCUT2D eigenvalue weighted by molar-refractivity contribution is 7.71. The number of hydrogen-bond donors (Lipinski definition) is 1. The lowest BCUT2D eigenvalue weighted by Gasteiger charge is -2.04. The van der Waals surface area contributed by atoms with Crippen molar-refractivity contribution in [2.24, 2.45) is 0 Å². The van der Waals surface area contributed by atoms with Crippen LogP contribution in [-0.4, -0.2) is 10.1 Å². The number of rotatable bonds is 2. The molecule has 0 aliphatic carbocycles. The second kappa shape index (κ2) is 3.98. The average Bonchev–Trinajstić information content (AvgIpc) is 2.65. The second-order valence-electron chi connectivity index (χ2n) is 3.71. The Kier molecular flexibility index (Phi) is 2.68. The molecule has 0 atom stereocenters. The van der Waals surface area contributed by atoms with Crippen LogP contribution in [0.5, 0.6) is 0 Å². The first-order chi connectivity index (χ1) is 7.16. The molecule has 0 radical (unpaired) electrons. The van der Waals surface area contributed by atoms with Gasteiger partial charge in [0, 0.05) is 5.56 Å². The van der Waals surface area contributed by atoms with Gasteiger partial charge in [-0.1, -0.05) is 38.1 Å². The van der Waals surface area contributed by atoms with E-state index in [1.165, 1.54) is 5.56 Å². The normalized spacial score (nSPS) is 10.9. The Morgan fingerprint density at radius 1 is 1.27 bits per heavy atom. The van der Waals surface area contributed by atoms with Gasteiger partial charge in [-0.2, -0.15) is 4.98 Å². The Morgan fingerprint density at radius 2 is 1.93 bits per heavy atom. The zero-order valence-electron chi connectivity index (χ0n) is 8.65. The molecule has 0 bridgehead atoms. The highest BCUT2D eigenvalue weighted by Crippen LogP contribution is 2.19. The van der Waals surface area contributed by atoms with Crippen molar-refractivity contribution in [3.8, 4) is 11.4 Å². The number of aromatic nitrogens is 2. The van der Waals surface area contributed by atoms with Crippen molar-refractivity contribution in [1.29, 1.82) is 0 Å². The van der Waals surface area contributed by atoms with Crippen molar-refractivity contribution in [1.82, 2.24) is 10.1 Å². The van der Waals surface area contributed by atoms with Gasteiger partial charge < -0.3 is 4.52 Å². The summed E-state index contributed by atoms with van der Waals surface area (Å²) in [6.45, 7) is 4.33. The Hall–Kier alpha value is -1.42. The third-order valence-corrected chi connectivity index (χ3v) is 2.46. The van der Waals surface area contributed by atoms with Gasteiger partial charge in [0.1, 0.15) is 0 Å². The molecule has 15 heavy (non-hydrogen) atoms. The Morgan fingerprint density at radius 3 is 2.40 bits per heavy atom. The van der Waals surface area contributed by atoms with Gasteiger partial charge in [0.05, 0.1) is 0 Å². The van der Waals surface area contributed by atoms with E-state index in [0.717, 1.165) is 5.56 Å². The third kappa shape index (κ3) is 2.15. The zero-order chi connectivity index (χ0) is 10.8. The number of H-pyrrole nitrogens is 1. The van der Waals surface area contributed by atoms with E-state index in [-0.39, 0.29) is 4.84 Å². The maximum Gasteiger partial charge on any atom is 0.314 e. The van der Waals surface area contributed by atoms with Crippen LogP contribution in [0.2, 0.25) is 0 Å². The number of benzene rings is 1. The lowest BCUT2D eigenvalue weighted by atomic mass is 10.0. The first kappa shape index (κ1) is 10.1. The molecule has 1 N–H and O–H groups in total. The van der Waals surface area contributed by atoms with Crippen LogP contribution in [0.1, 0.15) is 25.3 Å². The first-order valence-corrected chi connectivity index (χ1v) is 5.23. The molecule has 0 saturated heterocycles. The Bertz CT molecular complexity index is 496. The molecular weight excluding hydrogens is 208 g/mol. The van der Waals surface area contributed by atoms with Crippen LogP contribution in [0, 0.1) is 4.84 Å². The standard InChI is InChI=1S/C11H12N2OS/c1-7(2)8-3-5-9(6-4-8)10-12-11(15)14-13-10/h3-7H,1-2H3,(H,12,13,15). The molecule has 0 amide bonds. The van der Waals surface area contributed by atoms with Gasteiger partial charge in [-0.3, -0.25) is 0 Å². The number of nitrogens with zero attached hydrogens (tertiary/aromatic N) is 1. The Labute approximate surface area is 93.1 Å². The molecule has 1 heterocycles. The minimum absolute atomic E-state index is 0.234. The van der Waals surface area contributed by atoms with Crippen LogP contribution in [0.15, 0.2) is 28.8 Å². The summed E-state index contributed by atoms with van der Waals surface area (Å²) in [5.74, 6) is 1.21. The number of hydrogen-bond acceptors (Lipinski definition) is 3. The summed E-state index contributed by atoms with van der Waals surface area (Å²) in [6, 6.07) is 8.20. The predicted octanol–water partition coefficient (Wildman–Crippen LogP) is 3.52. The molecule has 0 spiro atoms. The van der Waals surface area contributed by atoms with Crippen LogP contribution in [0.3, 0.4) is 0 Å². The molecule has 1 aromatic carbocycles. The highest BCUT2D eigenvalue weighted by Gasteiger charge is 2.03. The van der Waals surface area contributed by atoms with E-state index in [2.05, 4.69) is 36.1 Å². The maximum atomic E-state index is 4.88. The summed E-state index contributed by atoms with van der Waals surface area (Å²) >= 11 is 4.79. The number of aromatic amines is 1. The van der Waals surface area contributed by atoms with Crippen molar-refractivity contribution >= 4 is 12.2 Å². The van der Waals surface area contributed by atoms with E-state index >= 15 is 0 Å². The summed E-state index contributed by atoms with van der Waals surface area (Å²) in [5, 5.41) is 2.68. The van der Waals surface area contributed by atoms with Crippen molar-refractivity contribution in [3.05, 3.63) is 34.7 Å². The first-order valence-electron chi connectivity index (χ1n) is 4.82. The molecule has 4 heteroatoms. The molecule has 0 saturated carbocycles. The van der Waals surface area contributed by atoms with E-state index in [0.29, 0.717) is 11.7 Å². The molecule has 0 aliphatic heterocycles. The lowest BCUT2D eigenvalue weighted by Crippen LogP contribution is -1.87. The molecule has 2 rings (SSSR count). The molecule has 78 valence electrons. The van der Waals surface area contributed by atoms with Crippen molar-refractivity contribution in [2.45, 2.75) is 19.8 Å². The quantitative estimate of drug-likeness (QED) is 0.787. The van der Waals surface area contributed by atoms with E-state index in [1.807, 2.05) is 12.1 Å². The second-order valence-corrected chi connectivity index (χ2v) is 4.06. The van der Waals surface area contributed by atoms with Crippen molar-refractivity contribution in [3.63, 3.8) is 0 Å². The molecule has 3 nitrogen and oxygen atoms in total. The molecule has 0 fully saturated rings. The van der Waals surface area contributed by atoms with Crippen molar-refractivity contribution < 1.29 is 4.52 Å². The highest BCUT2D eigenvalue weighted by atomic mass is 32.1. The van der Waals surface area contributed by atoms with Gasteiger partial charge in [0.2, 0.25) is 0 Å². The molecule has 1 aromatic heterocycles. The number of nitrogens with one attached hydrogen (secondary N) is 1. The largest absolute Gasteiger partial charge is 0.348 e. The van der Waals surface area contributed by atoms with Gasteiger partial charge in [-0.15, -0.1) is 0 Å². The van der Waals surface area contributed by atoms with Crippen molar-refractivity contribution in [2.75, 3.05) is 0 Å². The monoisotopic (exact) mass is 220 g/mol. The van der Waals surface area contributed by atoms with Gasteiger partial charge in [0.25, 0.3) is 0 Å². The summed E-state index contributed by atoms with van der Waals surface area (Å²) < 4.78 is 4.88. The molecule has 2 aromatic rings. The molecular formula is C11H12N2OS. The van der Waals surface area contributed by atoms with E-state index < -0.39 is 0 Å². The summed E-state index contributed by atoms with van der Waals surface area (Å²) in [7, 11) is 0. The predicted molar refractivity (Wildman–Crippen MR) is 61.2 cm³/mol. The van der Waals surface area contributed by atoms with Crippen LogP contribution < -0.4 is 0 Å². The van der Waals surface area contributed by atoms with Crippen LogP contribution in [0.4, 0.5) is 0 Å². The smallest absolute Gasteiger partial charge is 0.314 e. The SMILES string of the molecule is CC(C)c1ccc(-c2nc(=S)o[nH]2)cc1. The fraction of sp³-hybridized carbons (Fsp3) is 0.273. The topological polar surface area (TPSA) is 41.8 Å². The van der Waals surface area contributed by atoms with Crippen LogP contribution in [0.25, 0.3) is 11.4 Å². The van der Waals surface area contributed by atoms with Gasteiger partial charge in [-0.05, 0) is 23.7 Å². The van der Waals surface area contributed by atoms with Crippen LogP contribution in [-0.2, 0) is 0 Å². The minimum Gasteiger partial charge on any atom is -0.348 e. The maximum absolute atomic E-state index is 4.88. The fourth-order valence-corrected chi connectivity index (χ4v) is 1.51. The van der Waals surface area contributed by atoms with E-state index in [9.17, 15) is 0 Å². The third-order valence-electron chi connectivity index (χ3n) is 2.29.